The van der Waals surface area contributed by atoms with Crippen molar-refractivity contribution in [2.24, 2.45) is 0 Å². The van der Waals surface area contributed by atoms with Crippen LogP contribution in [0.15, 0.2) is 76.5 Å². The predicted molar refractivity (Wildman–Crippen MR) is 120 cm³/mol. The van der Waals surface area contributed by atoms with E-state index in [1.54, 1.807) is 40.9 Å². The molecule has 1 aliphatic rings. The molecule has 1 heterocycles. The number of carbonyl (C=O) groups is 2. The van der Waals surface area contributed by atoms with Crippen LogP contribution in [0.4, 0.5) is 11.4 Å². The van der Waals surface area contributed by atoms with E-state index in [9.17, 15) is 9.59 Å². The molecule has 3 aromatic carbocycles. The van der Waals surface area contributed by atoms with Crippen molar-refractivity contribution in [3.8, 4) is 5.75 Å². The number of benzene rings is 3. The lowest BCUT2D eigenvalue weighted by molar-refractivity contribution is -0.118. The summed E-state index contributed by atoms with van der Waals surface area (Å²) in [5.74, 6) is 0.228. The molecule has 0 saturated heterocycles. The first-order valence-electron chi connectivity index (χ1n) is 9.46. The summed E-state index contributed by atoms with van der Waals surface area (Å²) in [5.41, 5.74) is 2.07. The van der Waals surface area contributed by atoms with Crippen LogP contribution in [0.2, 0.25) is 5.02 Å². The van der Waals surface area contributed by atoms with Crippen molar-refractivity contribution in [1.29, 1.82) is 0 Å². The second kappa shape index (κ2) is 8.81. The molecule has 0 radical (unpaired) electrons. The molecular weight excluding hydrogens is 420 g/mol. The second-order valence-electron chi connectivity index (χ2n) is 6.62. The zero-order valence-corrected chi connectivity index (χ0v) is 17.8. The fourth-order valence-electron chi connectivity index (χ4n) is 3.19. The lowest BCUT2D eigenvalue weighted by atomic mass is 10.1. The fraction of sp³-hybridized carbons (Fsp3) is 0.130. The van der Waals surface area contributed by atoms with Crippen LogP contribution in [0, 0.1) is 0 Å². The third kappa shape index (κ3) is 4.30. The molecule has 3 aromatic rings. The summed E-state index contributed by atoms with van der Waals surface area (Å²) in [6.45, 7) is 2.33. The first kappa shape index (κ1) is 20.3. The van der Waals surface area contributed by atoms with Gasteiger partial charge in [0.15, 0.2) is 6.61 Å². The molecule has 0 fully saturated rings. The van der Waals surface area contributed by atoms with Gasteiger partial charge in [-0.2, -0.15) is 0 Å². The number of hydrogen-bond acceptors (Lipinski definition) is 4. The van der Waals surface area contributed by atoms with E-state index in [4.69, 9.17) is 16.3 Å². The average molecular weight is 439 g/mol. The fourth-order valence-corrected chi connectivity index (χ4v) is 4.37. The van der Waals surface area contributed by atoms with E-state index < -0.39 is 0 Å². The minimum Gasteiger partial charge on any atom is -0.484 e. The standard InChI is InChI=1S/C23H19ClN2O3S/c1-2-26-19-13-16(25-22(27)14-29-17-10-7-15(24)8-11-17)9-12-21(19)30-20-6-4-3-5-18(20)23(26)28/h3-13H,2,14H2,1H3,(H,25,27). The summed E-state index contributed by atoms with van der Waals surface area (Å²) < 4.78 is 5.49. The third-order valence-corrected chi connectivity index (χ3v) is 6.01. The zero-order valence-electron chi connectivity index (χ0n) is 16.2. The van der Waals surface area contributed by atoms with Crippen molar-refractivity contribution in [1.82, 2.24) is 0 Å². The van der Waals surface area contributed by atoms with Gasteiger partial charge in [-0.05, 0) is 61.5 Å². The smallest absolute Gasteiger partial charge is 0.262 e. The van der Waals surface area contributed by atoms with Crippen LogP contribution in [0.1, 0.15) is 17.3 Å². The molecular formula is C23H19ClN2O3S. The van der Waals surface area contributed by atoms with Gasteiger partial charge in [-0.3, -0.25) is 9.59 Å². The number of carbonyl (C=O) groups excluding carboxylic acids is 2. The number of nitrogens with zero attached hydrogens (tertiary/aromatic N) is 1. The number of fused-ring (bicyclic) bond motifs is 2. The number of halogens is 1. The normalized spacial score (nSPS) is 12.6. The molecule has 1 N–H and O–H groups in total. The van der Waals surface area contributed by atoms with Gasteiger partial charge in [-0.15, -0.1) is 0 Å². The summed E-state index contributed by atoms with van der Waals surface area (Å²) >= 11 is 7.40. The number of hydrogen-bond donors (Lipinski definition) is 1. The number of ether oxygens (including phenoxy) is 1. The molecule has 5 nitrogen and oxygen atoms in total. The van der Waals surface area contributed by atoms with Gasteiger partial charge in [0.25, 0.3) is 11.8 Å². The van der Waals surface area contributed by atoms with Gasteiger partial charge in [0.1, 0.15) is 5.75 Å². The zero-order chi connectivity index (χ0) is 21.1. The first-order valence-corrected chi connectivity index (χ1v) is 10.7. The van der Waals surface area contributed by atoms with Crippen LogP contribution in [0.5, 0.6) is 5.75 Å². The van der Waals surface area contributed by atoms with E-state index in [-0.39, 0.29) is 18.4 Å². The number of nitrogens with one attached hydrogen (secondary N) is 1. The molecule has 0 unspecified atom stereocenters. The van der Waals surface area contributed by atoms with E-state index in [0.29, 0.717) is 28.6 Å². The highest BCUT2D eigenvalue weighted by Gasteiger charge is 2.26. The largest absolute Gasteiger partial charge is 0.484 e. The highest BCUT2D eigenvalue weighted by atomic mass is 35.5. The Morgan fingerprint density at radius 1 is 1.07 bits per heavy atom. The van der Waals surface area contributed by atoms with Crippen molar-refractivity contribution in [2.45, 2.75) is 16.7 Å². The minimum absolute atomic E-state index is 0.0473. The topological polar surface area (TPSA) is 58.6 Å². The molecule has 7 heteroatoms. The lowest BCUT2D eigenvalue weighted by Crippen LogP contribution is -2.30. The van der Waals surface area contributed by atoms with Crippen LogP contribution in [-0.4, -0.2) is 25.0 Å². The lowest BCUT2D eigenvalue weighted by Gasteiger charge is -2.22. The Labute approximate surface area is 184 Å². The Kier molecular flexibility index (Phi) is 5.97. The maximum Gasteiger partial charge on any atom is 0.262 e. The molecule has 0 atom stereocenters. The average Bonchev–Trinajstić information content (AvgIpc) is 2.87. The van der Waals surface area contributed by atoms with Crippen LogP contribution in [0.25, 0.3) is 0 Å². The monoisotopic (exact) mass is 438 g/mol. The molecule has 0 aliphatic carbocycles. The maximum atomic E-state index is 13.0. The molecule has 0 bridgehead atoms. The quantitative estimate of drug-likeness (QED) is 0.572. The molecule has 0 spiro atoms. The number of anilines is 2. The van der Waals surface area contributed by atoms with Crippen molar-refractivity contribution < 1.29 is 14.3 Å². The third-order valence-electron chi connectivity index (χ3n) is 4.62. The van der Waals surface area contributed by atoms with Crippen LogP contribution < -0.4 is 15.0 Å². The van der Waals surface area contributed by atoms with Gasteiger partial charge >= 0.3 is 0 Å². The molecule has 0 aromatic heterocycles. The van der Waals surface area contributed by atoms with Crippen LogP contribution >= 0.6 is 23.4 Å². The van der Waals surface area contributed by atoms with Gasteiger partial charge in [-0.1, -0.05) is 35.5 Å². The predicted octanol–water partition coefficient (Wildman–Crippen LogP) is 5.49. The Hall–Kier alpha value is -2.96. The molecule has 4 rings (SSSR count). The molecule has 152 valence electrons. The van der Waals surface area contributed by atoms with Gasteiger partial charge in [-0.25, -0.2) is 0 Å². The van der Waals surface area contributed by atoms with E-state index in [1.807, 2.05) is 49.4 Å². The first-order chi connectivity index (χ1) is 14.5. The highest BCUT2D eigenvalue weighted by Crippen LogP contribution is 2.42. The van der Waals surface area contributed by atoms with Crippen molar-refractivity contribution in [3.05, 3.63) is 77.3 Å². The molecule has 1 aliphatic heterocycles. The minimum atomic E-state index is -0.288. The van der Waals surface area contributed by atoms with Crippen molar-refractivity contribution in [2.75, 3.05) is 23.4 Å². The second-order valence-corrected chi connectivity index (χ2v) is 8.14. The summed E-state index contributed by atoms with van der Waals surface area (Å²) in [6, 6.07) is 20.0. The summed E-state index contributed by atoms with van der Waals surface area (Å²) in [6.07, 6.45) is 0. The van der Waals surface area contributed by atoms with E-state index >= 15 is 0 Å². The van der Waals surface area contributed by atoms with Crippen molar-refractivity contribution in [3.63, 3.8) is 0 Å². The molecule has 2 amide bonds. The molecule has 0 saturated carbocycles. The SMILES string of the molecule is CCN1C(=O)c2ccccc2Sc2ccc(NC(=O)COc3ccc(Cl)cc3)cc21. The Morgan fingerprint density at radius 2 is 1.83 bits per heavy atom. The van der Waals surface area contributed by atoms with Crippen molar-refractivity contribution >= 4 is 46.6 Å². The Morgan fingerprint density at radius 3 is 2.60 bits per heavy atom. The van der Waals surface area contributed by atoms with E-state index in [1.165, 1.54) is 0 Å². The summed E-state index contributed by atoms with van der Waals surface area (Å²) in [4.78, 5) is 29.0. The van der Waals surface area contributed by atoms with E-state index in [0.717, 1.165) is 15.5 Å². The summed E-state index contributed by atoms with van der Waals surface area (Å²) in [7, 11) is 0. The van der Waals surface area contributed by atoms with Gasteiger partial charge < -0.3 is 15.0 Å². The number of amides is 2. The van der Waals surface area contributed by atoms with Gasteiger partial charge in [0.05, 0.1) is 11.3 Å². The highest BCUT2D eigenvalue weighted by molar-refractivity contribution is 7.99. The Balaban J connectivity index is 1.52. The Bertz CT molecular complexity index is 1100. The van der Waals surface area contributed by atoms with Gasteiger partial charge in [0.2, 0.25) is 0 Å². The number of rotatable bonds is 5. The summed E-state index contributed by atoms with van der Waals surface area (Å²) in [5, 5.41) is 3.44. The van der Waals surface area contributed by atoms with E-state index in [2.05, 4.69) is 5.32 Å². The molecule has 30 heavy (non-hydrogen) atoms. The maximum absolute atomic E-state index is 13.0. The van der Waals surface area contributed by atoms with Crippen LogP contribution in [0.3, 0.4) is 0 Å². The van der Waals surface area contributed by atoms with Crippen LogP contribution in [-0.2, 0) is 4.79 Å². The van der Waals surface area contributed by atoms with Gasteiger partial charge in [0, 0.05) is 27.0 Å².